The lowest BCUT2D eigenvalue weighted by atomic mass is 9.97. The number of methoxy groups -OCH3 is 1. The lowest BCUT2D eigenvalue weighted by molar-refractivity contribution is -0.146. The fraction of sp³-hybridized carbons (Fsp3) is 0.500. The highest BCUT2D eigenvalue weighted by molar-refractivity contribution is 5.80. The second kappa shape index (κ2) is 10.0. The van der Waals surface area contributed by atoms with E-state index in [9.17, 15) is 18.0 Å². The van der Waals surface area contributed by atoms with Gasteiger partial charge in [-0.25, -0.2) is 4.99 Å². The summed E-state index contributed by atoms with van der Waals surface area (Å²) in [6.07, 6.45) is -3.01. The van der Waals surface area contributed by atoms with E-state index in [1.165, 1.54) is 19.2 Å². The minimum absolute atomic E-state index is 0.0928. The van der Waals surface area contributed by atoms with Gasteiger partial charge in [0.2, 0.25) is 0 Å². The fourth-order valence-corrected chi connectivity index (χ4v) is 2.95. The molecule has 1 saturated heterocycles. The number of nitrogens with zero attached hydrogens (tertiary/aromatic N) is 2. The van der Waals surface area contributed by atoms with Gasteiger partial charge in [0.1, 0.15) is 6.54 Å². The predicted molar refractivity (Wildman–Crippen MR) is 101 cm³/mol. The average molecular weight is 395 g/mol. The molecule has 0 spiro atoms. The van der Waals surface area contributed by atoms with E-state index in [-0.39, 0.29) is 18.4 Å². The molecule has 1 N–H and O–H groups in total. The highest BCUT2D eigenvalue weighted by Crippen LogP contribution is 2.29. The number of carbonyl (C=O) groups excluding carboxylic acids is 1. The van der Waals surface area contributed by atoms with Gasteiger partial charge in [-0.05, 0) is 38.0 Å². The summed E-state index contributed by atoms with van der Waals surface area (Å²) in [5.74, 6) is 5.93. The molecule has 152 valence electrons. The molecular weight excluding hydrogens is 371 g/mol. The van der Waals surface area contributed by atoms with Crippen molar-refractivity contribution in [3.63, 3.8) is 0 Å². The zero-order valence-corrected chi connectivity index (χ0v) is 16.0. The van der Waals surface area contributed by atoms with E-state index in [1.807, 2.05) is 6.92 Å². The molecule has 0 aliphatic carbocycles. The number of halogens is 3. The molecule has 1 fully saturated rings. The second-order valence-electron chi connectivity index (χ2n) is 6.33. The van der Waals surface area contributed by atoms with Crippen LogP contribution in [0.15, 0.2) is 29.3 Å². The van der Waals surface area contributed by atoms with Crippen LogP contribution in [0.3, 0.4) is 0 Å². The van der Waals surface area contributed by atoms with Crippen LogP contribution in [-0.2, 0) is 15.7 Å². The van der Waals surface area contributed by atoms with Gasteiger partial charge in [0.25, 0.3) is 0 Å². The van der Waals surface area contributed by atoms with Gasteiger partial charge in [-0.1, -0.05) is 17.9 Å². The summed E-state index contributed by atoms with van der Waals surface area (Å²) in [4.78, 5) is 18.1. The van der Waals surface area contributed by atoms with Gasteiger partial charge in [-0.15, -0.1) is 0 Å². The Morgan fingerprint density at radius 1 is 1.36 bits per heavy atom. The molecule has 2 rings (SSSR count). The highest BCUT2D eigenvalue weighted by Gasteiger charge is 2.30. The maximum atomic E-state index is 12.7. The number of likely N-dealkylation sites (tertiary alicyclic amines) is 1. The van der Waals surface area contributed by atoms with Crippen molar-refractivity contribution in [1.29, 1.82) is 0 Å². The van der Waals surface area contributed by atoms with Crippen molar-refractivity contribution in [3.05, 3.63) is 35.4 Å². The smallest absolute Gasteiger partial charge is 0.416 e. The van der Waals surface area contributed by atoms with Gasteiger partial charge in [-0.3, -0.25) is 4.79 Å². The number of aliphatic imine (C=N–C) groups is 1. The highest BCUT2D eigenvalue weighted by atomic mass is 19.4. The Morgan fingerprint density at radius 3 is 2.68 bits per heavy atom. The third kappa shape index (κ3) is 6.19. The van der Waals surface area contributed by atoms with Gasteiger partial charge < -0.3 is 15.0 Å². The van der Waals surface area contributed by atoms with Crippen molar-refractivity contribution >= 4 is 11.9 Å². The molecule has 0 aromatic heterocycles. The number of benzene rings is 1. The van der Waals surface area contributed by atoms with Crippen molar-refractivity contribution in [2.75, 3.05) is 33.3 Å². The van der Waals surface area contributed by atoms with Crippen molar-refractivity contribution in [3.8, 4) is 11.8 Å². The minimum Gasteiger partial charge on any atom is -0.469 e. The lowest BCUT2D eigenvalue weighted by Crippen LogP contribution is -2.46. The summed E-state index contributed by atoms with van der Waals surface area (Å²) in [5.41, 5.74) is -0.418. The lowest BCUT2D eigenvalue weighted by Gasteiger charge is -2.33. The van der Waals surface area contributed by atoms with Crippen LogP contribution in [0, 0.1) is 17.8 Å². The number of hydrogen-bond donors (Lipinski definition) is 1. The zero-order chi connectivity index (χ0) is 20.6. The second-order valence-corrected chi connectivity index (χ2v) is 6.33. The fourth-order valence-electron chi connectivity index (χ4n) is 2.95. The molecule has 8 heteroatoms. The molecule has 1 aromatic rings. The average Bonchev–Trinajstić information content (AvgIpc) is 2.69. The molecule has 0 radical (unpaired) electrons. The predicted octanol–water partition coefficient (Wildman–Crippen LogP) is 2.91. The molecule has 0 atom stereocenters. The molecule has 28 heavy (non-hydrogen) atoms. The quantitative estimate of drug-likeness (QED) is 0.370. The number of guanidine groups is 1. The minimum atomic E-state index is -4.38. The van der Waals surface area contributed by atoms with Crippen LogP contribution in [0.2, 0.25) is 0 Å². The summed E-state index contributed by atoms with van der Waals surface area (Å²) >= 11 is 0. The van der Waals surface area contributed by atoms with Crippen LogP contribution in [0.4, 0.5) is 13.2 Å². The maximum Gasteiger partial charge on any atom is 0.416 e. The molecule has 1 heterocycles. The summed E-state index contributed by atoms with van der Waals surface area (Å²) in [6.45, 7) is 4.14. The number of piperidine rings is 1. The van der Waals surface area contributed by atoms with Gasteiger partial charge in [0.15, 0.2) is 5.96 Å². The summed E-state index contributed by atoms with van der Waals surface area (Å²) in [7, 11) is 1.39. The molecule has 1 aliphatic heterocycles. The molecule has 1 aromatic carbocycles. The topological polar surface area (TPSA) is 53.9 Å². The van der Waals surface area contributed by atoms with Gasteiger partial charge >= 0.3 is 12.1 Å². The molecule has 0 bridgehead atoms. The first kappa shape index (κ1) is 21.6. The van der Waals surface area contributed by atoms with Gasteiger partial charge in [-0.2, -0.15) is 13.2 Å². The Morgan fingerprint density at radius 2 is 2.07 bits per heavy atom. The molecule has 5 nitrogen and oxygen atoms in total. The number of alkyl halides is 3. The zero-order valence-electron chi connectivity index (χ0n) is 16.0. The number of nitrogens with one attached hydrogen (secondary N) is 1. The van der Waals surface area contributed by atoms with E-state index in [2.05, 4.69) is 27.0 Å². The van der Waals surface area contributed by atoms with E-state index in [4.69, 9.17) is 4.74 Å². The first-order valence-electron chi connectivity index (χ1n) is 9.12. The molecule has 0 saturated carbocycles. The van der Waals surface area contributed by atoms with Crippen molar-refractivity contribution in [2.24, 2.45) is 10.9 Å². The Labute approximate surface area is 163 Å². The number of rotatable bonds is 3. The van der Waals surface area contributed by atoms with Crippen LogP contribution in [0.25, 0.3) is 0 Å². The Hall–Kier alpha value is -2.69. The Kier molecular flexibility index (Phi) is 7.73. The SMILES string of the molecule is CCNC(=NCC#Cc1cccc(C(F)(F)F)c1)N1CCC(C(=O)OC)CC1. The molecule has 1 aliphatic rings. The molecule has 0 unspecified atom stereocenters. The van der Waals surface area contributed by atoms with Crippen molar-refractivity contribution in [2.45, 2.75) is 25.9 Å². The van der Waals surface area contributed by atoms with E-state index in [0.717, 1.165) is 12.1 Å². The third-order valence-corrected chi connectivity index (χ3v) is 4.39. The van der Waals surface area contributed by atoms with E-state index in [0.29, 0.717) is 44.0 Å². The van der Waals surface area contributed by atoms with E-state index >= 15 is 0 Å². The van der Waals surface area contributed by atoms with Gasteiger partial charge in [0.05, 0.1) is 18.6 Å². The number of hydrogen-bond acceptors (Lipinski definition) is 3. The first-order valence-corrected chi connectivity index (χ1v) is 9.12. The van der Waals surface area contributed by atoms with E-state index < -0.39 is 11.7 Å². The third-order valence-electron chi connectivity index (χ3n) is 4.39. The van der Waals surface area contributed by atoms with Crippen molar-refractivity contribution < 1.29 is 22.7 Å². The molecule has 0 amide bonds. The van der Waals surface area contributed by atoms with Crippen molar-refractivity contribution in [1.82, 2.24) is 10.2 Å². The maximum absolute atomic E-state index is 12.7. The molecular formula is C20H24F3N3O2. The number of ether oxygens (including phenoxy) is 1. The van der Waals surface area contributed by atoms with E-state index in [1.54, 1.807) is 0 Å². The first-order chi connectivity index (χ1) is 13.3. The van der Waals surface area contributed by atoms with Crippen LogP contribution < -0.4 is 5.32 Å². The largest absolute Gasteiger partial charge is 0.469 e. The van der Waals surface area contributed by atoms with Crippen LogP contribution in [0.5, 0.6) is 0 Å². The van der Waals surface area contributed by atoms with Crippen LogP contribution in [-0.4, -0.2) is 50.1 Å². The normalized spacial score (nSPS) is 15.6. The van der Waals surface area contributed by atoms with Crippen LogP contribution >= 0.6 is 0 Å². The number of esters is 1. The van der Waals surface area contributed by atoms with Gasteiger partial charge in [0, 0.05) is 25.2 Å². The standard InChI is InChI=1S/C20H24F3N3O2/c1-3-24-19(26-12-9-16(10-13-26)18(27)28-2)25-11-5-7-15-6-4-8-17(14-15)20(21,22)23/h4,6,8,14,16H,3,9-13H2,1-2H3,(H,24,25). The number of carbonyl (C=O) groups is 1. The summed E-state index contributed by atoms with van der Waals surface area (Å²) < 4.78 is 43.0. The monoisotopic (exact) mass is 395 g/mol. The summed E-state index contributed by atoms with van der Waals surface area (Å²) in [6, 6.07) is 4.92. The Balaban J connectivity index is 1.99. The summed E-state index contributed by atoms with van der Waals surface area (Å²) in [5, 5.41) is 3.18. The van der Waals surface area contributed by atoms with Crippen LogP contribution in [0.1, 0.15) is 30.9 Å². The Bertz CT molecular complexity index is 758.